The number of hydrogen-bond donors (Lipinski definition) is 1. The van der Waals surface area contributed by atoms with E-state index >= 15 is 0 Å². The topological polar surface area (TPSA) is 42.3 Å². The molecule has 2 aromatic carbocycles. The van der Waals surface area contributed by atoms with Gasteiger partial charge in [0.05, 0.1) is 24.9 Å². The Morgan fingerprint density at radius 1 is 1.03 bits per heavy atom. The minimum atomic E-state index is -0.257. The minimum absolute atomic E-state index is 0.0898. The second-order valence-corrected chi connectivity index (χ2v) is 9.13. The first kappa shape index (κ1) is 23.1. The van der Waals surface area contributed by atoms with Gasteiger partial charge < -0.3 is 19.5 Å². The van der Waals surface area contributed by atoms with E-state index in [0.29, 0.717) is 11.7 Å². The van der Waals surface area contributed by atoms with Gasteiger partial charge in [-0.1, -0.05) is 24.3 Å². The number of benzene rings is 2. The molecule has 1 saturated heterocycles. The van der Waals surface area contributed by atoms with Crippen LogP contribution in [0.5, 0.6) is 5.75 Å². The molecule has 1 aliphatic heterocycles. The van der Waals surface area contributed by atoms with E-state index < -0.39 is 0 Å². The lowest BCUT2D eigenvalue weighted by Gasteiger charge is -2.28. The van der Waals surface area contributed by atoms with Crippen LogP contribution in [0.3, 0.4) is 0 Å². The Morgan fingerprint density at radius 3 is 2.51 bits per heavy atom. The van der Waals surface area contributed by atoms with Gasteiger partial charge in [0.25, 0.3) is 0 Å². The van der Waals surface area contributed by atoms with E-state index in [0.717, 1.165) is 39.6 Å². The van der Waals surface area contributed by atoms with Gasteiger partial charge in [0, 0.05) is 29.8 Å². The Bertz CT molecular complexity index is 1350. The average Bonchev–Trinajstić information content (AvgIpc) is 3.34. The molecule has 5 rings (SSSR count). The Hall–Kier alpha value is -3.71. The molecule has 0 radical (unpaired) electrons. The first-order valence-corrected chi connectivity index (χ1v) is 11.9. The number of thiocarbonyl (C=S) groups is 1. The molecule has 3 heterocycles. The van der Waals surface area contributed by atoms with Crippen LogP contribution in [0.15, 0.2) is 79.0 Å². The summed E-state index contributed by atoms with van der Waals surface area (Å²) < 4.78 is 21.5. The van der Waals surface area contributed by atoms with Crippen LogP contribution in [-0.4, -0.2) is 26.7 Å². The van der Waals surface area contributed by atoms with Crippen molar-refractivity contribution in [1.82, 2.24) is 19.8 Å². The molecule has 1 fully saturated rings. The monoisotopic (exact) mass is 486 g/mol. The van der Waals surface area contributed by atoms with E-state index in [4.69, 9.17) is 17.0 Å². The van der Waals surface area contributed by atoms with E-state index in [1.165, 1.54) is 6.07 Å². The van der Waals surface area contributed by atoms with Crippen LogP contribution in [0.25, 0.3) is 5.69 Å². The molecule has 2 atom stereocenters. The molecular formula is C28H27FN4OS. The predicted molar refractivity (Wildman–Crippen MR) is 139 cm³/mol. The van der Waals surface area contributed by atoms with Gasteiger partial charge in [-0.2, -0.15) is 0 Å². The van der Waals surface area contributed by atoms with Gasteiger partial charge in [0.1, 0.15) is 11.6 Å². The number of ether oxygens (including phenoxy) is 1. The van der Waals surface area contributed by atoms with Crippen LogP contribution in [0, 0.1) is 19.7 Å². The number of halogens is 1. The molecular weight excluding hydrogens is 459 g/mol. The minimum Gasteiger partial charge on any atom is -0.497 e. The molecule has 178 valence electrons. The quantitative estimate of drug-likeness (QED) is 0.349. The maximum Gasteiger partial charge on any atom is 0.170 e. The summed E-state index contributed by atoms with van der Waals surface area (Å²) in [6.07, 6.45) is 1.80. The molecule has 2 aromatic heterocycles. The summed E-state index contributed by atoms with van der Waals surface area (Å²) in [6.45, 7) is 4.76. The Balaban J connectivity index is 1.60. The Labute approximate surface area is 210 Å². The summed E-state index contributed by atoms with van der Waals surface area (Å²) in [5, 5.41) is 4.20. The van der Waals surface area contributed by atoms with Gasteiger partial charge in [0.2, 0.25) is 0 Å². The Kier molecular flexibility index (Phi) is 6.26. The van der Waals surface area contributed by atoms with E-state index in [9.17, 15) is 4.39 Å². The SMILES string of the molecule is COc1ccc(CN2C(=S)N[C@H](c3ccccn3)[C@@H]2c2cc(C)n(-c3cccc(F)c3)c2C)cc1. The lowest BCUT2D eigenvalue weighted by Crippen LogP contribution is -2.29. The van der Waals surface area contributed by atoms with Gasteiger partial charge in [-0.05, 0) is 85.7 Å². The number of aryl methyl sites for hydroxylation is 1. The zero-order valence-corrected chi connectivity index (χ0v) is 20.7. The van der Waals surface area contributed by atoms with Crippen LogP contribution >= 0.6 is 12.2 Å². The number of pyridine rings is 1. The van der Waals surface area contributed by atoms with E-state index in [2.05, 4.69) is 44.9 Å². The largest absolute Gasteiger partial charge is 0.497 e. The van der Waals surface area contributed by atoms with Gasteiger partial charge in [-0.25, -0.2) is 4.39 Å². The molecule has 0 amide bonds. The summed E-state index contributed by atoms with van der Waals surface area (Å²) in [5.41, 5.74) is 6.06. The van der Waals surface area contributed by atoms with E-state index in [-0.39, 0.29) is 17.9 Å². The number of methoxy groups -OCH3 is 1. The molecule has 5 nitrogen and oxygen atoms in total. The summed E-state index contributed by atoms with van der Waals surface area (Å²) >= 11 is 5.84. The van der Waals surface area contributed by atoms with Gasteiger partial charge in [-0.3, -0.25) is 4.98 Å². The van der Waals surface area contributed by atoms with Crippen LogP contribution in [0.2, 0.25) is 0 Å². The lowest BCUT2D eigenvalue weighted by atomic mass is 9.96. The number of nitrogens with zero attached hydrogens (tertiary/aromatic N) is 3. The maximum absolute atomic E-state index is 14.1. The maximum atomic E-state index is 14.1. The second kappa shape index (κ2) is 9.50. The van der Waals surface area contributed by atoms with Crippen molar-refractivity contribution in [3.8, 4) is 11.4 Å². The molecule has 7 heteroatoms. The molecule has 0 aliphatic carbocycles. The van der Waals surface area contributed by atoms with Gasteiger partial charge >= 0.3 is 0 Å². The van der Waals surface area contributed by atoms with Crippen LogP contribution in [0.1, 0.15) is 40.3 Å². The van der Waals surface area contributed by atoms with Crippen molar-refractivity contribution in [2.24, 2.45) is 0 Å². The summed E-state index contributed by atoms with van der Waals surface area (Å²) in [5.74, 6) is 0.560. The third kappa shape index (κ3) is 4.39. The Morgan fingerprint density at radius 2 is 1.83 bits per heavy atom. The zero-order valence-electron chi connectivity index (χ0n) is 19.9. The van der Waals surface area contributed by atoms with Crippen LogP contribution < -0.4 is 10.1 Å². The number of nitrogens with one attached hydrogen (secondary N) is 1. The van der Waals surface area contributed by atoms with E-state index in [1.807, 2.05) is 43.3 Å². The summed E-state index contributed by atoms with van der Waals surface area (Å²) in [6, 6.07) is 22.6. The van der Waals surface area contributed by atoms with Gasteiger partial charge in [0.15, 0.2) is 5.11 Å². The standard InChI is InChI=1S/C28H27FN4OS/c1-18-15-24(19(2)33(18)22-8-6-7-21(29)16-22)27-26(25-9-4-5-14-30-25)31-28(35)32(27)17-20-10-12-23(34-3)13-11-20/h4-16,26-27H,17H2,1-3H3,(H,31,35)/t26-,27+/m1/s1. The zero-order chi connectivity index (χ0) is 24.5. The van der Waals surface area contributed by atoms with Crippen molar-refractivity contribution in [1.29, 1.82) is 0 Å². The molecule has 0 saturated carbocycles. The molecule has 0 spiro atoms. The summed E-state index contributed by atoms with van der Waals surface area (Å²) in [7, 11) is 1.66. The van der Waals surface area contributed by atoms with E-state index in [1.54, 1.807) is 25.4 Å². The third-order valence-electron chi connectivity index (χ3n) is 6.57. The highest BCUT2D eigenvalue weighted by Crippen LogP contribution is 2.42. The first-order valence-electron chi connectivity index (χ1n) is 11.5. The van der Waals surface area contributed by atoms with Crippen LogP contribution in [-0.2, 0) is 6.54 Å². The third-order valence-corrected chi connectivity index (χ3v) is 6.92. The predicted octanol–water partition coefficient (Wildman–Crippen LogP) is 5.81. The lowest BCUT2D eigenvalue weighted by molar-refractivity contribution is 0.310. The first-order chi connectivity index (χ1) is 17.0. The van der Waals surface area contributed by atoms with Crippen molar-refractivity contribution in [2.45, 2.75) is 32.5 Å². The smallest absolute Gasteiger partial charge is 0.170 e. The molecule has 4 aromatic rings. The second-order valence-electron chi connectivity index (χ2n) is 8.74. The molecule has 35 heavy (non-hydrogen) atoms. The van der Waals surface area contributed by atoms with Crippen molar-refractivity contribution in [3.63, 3.8) is 0 Å². The fraction of sp³-hybridized carbons (Fsp3) is 0.214. The van der Waals surface area contributed by atoms with Crippen molar-refractivity contribution in [2.75, 3.05) is 7.11 Å². The fourth-order valence-corrected chi connectivity index (χ4v) is 5.25. The molecule has 0 unspecified atom stereocenters. The highest BCUT2D eigenvalue weighted by Gasteiger charge is 2.41. The number of aromatic nitrogens is 2. The highest BCUT2D eigenvalue weighted by atomic mass is 32.1. The normalized spacial score (nSPS) is 17.5. The molecule has 0 bridgehead atoms. The fourth-order valence-electron chi connectivity index (χ4n) is 4.94. The van der Waals surface area contributed by atoms with Crippen LogP contribution in [0.4, 0.5) is 4.39 Å². The molecule has 1 aliphatic rings. The van der Waals surface area contributed by atoms with Crippen molar-refractivity contribution in [3.05, 3.63) is 113 Å². The average molecular weight is 487 g/mol. The van der Waals surface area contributed by atoms with Gasteiger partial charge in [-0.15, -0.1) is 0 Å². The molecule has 1 N–H and O–H groups in total. The highest BCUT2D eigenvalue weighted by molar-refractivity contribution is 7.80. The van der Waals surface area contributed by atoms with Crippen molar-refractivity contribution < 1.29 is 9.13 Å². The van der Waals surface area contributed by atoms with Crippen molar-refractivity contribution >= 4 is 17.3 Å². The summed E-state index contributed by atoms with van der Waals surface area (Å²) in [4.78, 5) is 6.86. The number of hydrogen-bond acceptors (Lipinski definition) is 3. The number of rotatable bonds is 6.